The molecule has 2 heteroatoms. The first-order valence-corrected chi connectivity index (χ1v) is 19.7. The van der Waals surface area contributed by atoms with Gasteiger partial charge < -0.3 is 0 Å². The van der Waals surface area contributed by atoms with Crippen LogP contribution in [0, 0.1) is 0 Å². The second-order valence-corrected chi connectivity index (χ2v) is 15.6. The fourth-order valence-electron chi connectivity index (χ4n) is 10.7. The summed E-state index contributed by atoms with van der Waals surface area (Å²) >= 11 is 0. The quantitative estimate of drug-likeness (QED) is 0.166. The SMILES string of the molecule is c1cc(-c2ccc3ccc4cccnc4c3n2)cc(-c2cc3c(c4ccccc24)C2(c4ccccc4-c4ccccc42)c2c-3c3ccccc3c3ccccc23)c1. The molecular formula is C55H32N2. The average Bonchev–Trinajstić information content (AvgIpc) is 3.76. The van der Waals surface area contributed by atoms with Gasteiger partial charge in [0.1, 0.15) is 0 Å². The molecule has 2 aromatic heterocycles. The van der Waals surface area contributed by atoms with Gasteiger partial charge in [0.25, 0.3) is 0 Å². The molecule has 262 valence electrons. The van der Waals surface area contributed by atoms with Gasteiger partial charge in [-0.3, -0.25) is 4.98 Å². The minimum atomic E-state index is -0.507. The molecule has 0 atom stereocenters. The largest absolute Gasteiger partial charge is 0.254 e. The van der Waals surface area contributed by atoms with Gasteiger partial charge in [-0.25, -0.2) is 4.98 Å². The summed E-state index contributed by atoms with van der Waals surface area (Å²) in [5, 5.41) is 9.91. The van der Waals surface area contributed by atoms with Crippen molar-refractivity contribution in [2.24, 2.45) is 0 Å². The van der Waals surface area contributed by atoms with Gasteiger partial charge in [-0.2, -0.15) is 0 Å². The molecule has 0 bridgehead atoms. The van der Waals surface area contributed by atoms with E-state index < -0.39 is 5.41 Å². The number of nitrogens with zero attached hydrogens (tertiary/aromatic N) is 2. The van der Waals surface area contributed by atoms with Crippen LogP contribution in [0.5, 0.6) is 0 Å². The zero-order valence-electron chi connectivity index (χ0n) is 30.9. The molecule has 11 aromatic rings. The third-order valence-electron chi connectivity index (χ3n) is 12.9. The number of rotatable bonds is 2. The standard InChI is InChI=1S/C55H32N2/c1-4-21-42-37(16-1)38-17-2-6-23-44(38)52-50(42)46-32-45(35-13-11-14-36(31-35)49-29-28-34-27-26-33-15-12-30-56-53(33)54(34)57-49)39-18-3-5-22-43(39)51(46)55(52)47-24-9-7-19-40(47)41-20-8-10-25-48(41)55/h1-32H. The Morgan fingerprint density at radius 1 is 0.351 bits per heavy atom. The van der Waals surface area contributed by atoms with Gasteiger partial charge in [-0.1, -0.05) is 164 Å². The van der Waals surface area contributed by atoms with Crippen LogP contribution in [0.2, 0.25) is 0 Å². The smallest absolute Gasteiger partial charge is 0.0972 e. The van der Waals surface area contributed by atoms with Crippen molar-refractivity contribution in [2.75, 3.05) is 0 Å². The van der Waals surface area contributed by atoms with Crippen LogP contribution in [0.25, 0.3) is 98.8 Å². The van der Waals surface area contributed by atoms with Crippen LogP contribution in [0.1, 0.15) is 22.3 Å². The molecule has 0 radical (unpaired) electrons. The predicted molar refractivity (Wildman–Crippen MR) is 237 cm³/mol. The molecule has 0 saturated heterocycles. The van der Waals surface area contributed by atoms with E-state index in [9.17, 15) is 0 Å². The summed E-state index contributed by atoms with van der Waals surface area (Å²) in [5.74, 6) is 0. The molecule has 0 unspecified atom stereocenters. The van der Waals surface area contributed by atoms with E-state index in [1.807, 2.05) is 12.3 Å². The molecule has 0 amide bonds. The molecule has 0 aliphatic heterocycles. The maximum absolute atomic E-state index is 5.25. The van der Waals surface area contributed by atoms with E-state index in [0.717, 1.165) is 33.1 Å². The topological polar surface area (TPSA) is 25.8 Å². The second kappa shape index (κ2) is 11.3. The Morgan fingerprint density at radius 2 is 0.930 bits per heavy atom. The van der Waals surface area contributed by atoms with Crippen molar-refractivity contribution in [2.45, 2.75) is 5.41 Å². The lowest BCUT2D eigenvalue weighted by Crippen LogP contribution is -2.26. The van der Waals surface area contributed by atoms with Crippen molar-refractivity contribution < 1.29 is 0 Å². The van der Waals surface area contributed by atoms with Gasteiger partial charge in [-0.15, -0.1) is 0 Å². The summed E-state index contributed by atoms with van der Waals surface area (Å²) in [6, 6.07) is 69.7. The Kier molecular flexibility index (Phi) is 6.13. The van der Waals surface area contributed by atoms with E-state index in [2.05, 4.69) is 182 Å². The highest BCUT2D eigenvalue weighted by molar-refractivity contribution is 6.22. The van der Waals surface area contributed by atoms with Crippen molar-refractivity contribution in [3.8, 4) is 44.6 Å². The zero-order valence-corrected chi connectivity index (χ0v) is 30.9. The van der Waals surface area contributed by atoms with E-state index in [4.69, 9.17) is 9.97 Å². The first-order chi connectivity index (χ1) is 28.3. The summed E-state index contributed by atoms with van der Waals surface area (Å²) in [6.07, 6.45) is 1.85. The molecule has 2 heterocycles. The van der Waals surface area contributed by atoms with E-state index >= 15 is 0 Å². The first kappa shape index (κ1) is 30.9. The van der Waals surface area contributed by atoms with Crippen molar-refractivity contribution in [3.05, 3.63) is 217 Å². The third kappa shape index (κ3) is 3.99. The van der Waals surface area contributed by atoms with Gasteiger partial charge in [0.15, 0.2) is 0 Å². The van der Waals surface area contributed by atoms with Gasteiger partial charge in [0.05, 0.1) is 22.1 Å². The molecule has 2 nitrogen and oxygen atoms in total. The highest BCUT2D eigenvalue weighted by Crippen LogP contribution is 2.67. The second-order valence-electron chi connectivity index (χ2n) is 15.6. The third-order valence-corrected chi connectivity index (χ3v) is 12.9. The van der Waals surface area contributed by atoms with Crippen molar-refractivity contribution in [3.63, 3.8) is 0 Å². The lowest BCUT2D eigenvalue weighted by atomic mass is 9.68. The van der Waals surface area contributed by atoms with Crippen molar-refractivity contribution >= 4 is 54.1 Å². The van der Waals surface area contributed by atoms with Crippen LogP contribution in [0.15, 0.2) is 194 Å². The maximum Gasteiger partial charge on any atom is 0.0972 e. The summed E-state index contributed by atoms with van der Waals surface area (Å²) in [5.41, 5.74) is 16.5. The van der Waals surface area contributed by atoms with E-state index in [1.54, 1.807) is 0 Å². The summed E-state index contributed by atoms with van der Waals surface area (Å²) in [4.78, 5) is 9.98. The predicted octanol–water partition coefficient (Wildman–Crippen LogP) is 13.9. The van der Waals surface area contributed by atoms with Gasteiger partial charge in [0, 0.05) is 22.5 Å². The van der Waals surface area contributed by atoms with E-state index in [-0.39, 0.29) is 0 Å². The number of aromatic nitrogens is 2. The summed E-state index contributed by atoms with van der Waals surface area (Å²) < 4.78 is 0. The molecule has 9 aromatic carbocycles. The monoisotopic (exact) mass is 720 g/mol. The maximum atomic E-state index is 5.25. The highest BCUT2D eigenvalue weighted by Gasteiger charge is 2.54. The number of fused-ring (bicyclic) bond motifs is 20. The molecule has 0 N–H and O–H groups in total. The molecule has 0 saturated carbocycles. The zero-order chi connectivity index (χ0) is 37.2. The molecule has 1 spiro atoms. The Hall–Kier alpha value is -7.42. The molecule has 2 aliphatic carbocycles. The average molecular weight is 721 g/mol. The minimum Gasteiger partial charge on any atom is -0.254 e. The number of pyridine rings is 2. The van der Waals surface area contributed by atoms with E-state index in [0.29, 0.717) is 0 Å². The van der Waals surface area contributed by atoms with Crippen LogP contribution in [-0.4, -0.2) is 9.97 Å². The van der Waals surface area contributed by atoms with Crippen LogP contribution >= 0.6 is 0 Å². The van der Waals surface area contributed by atoms with Gasteiger partial charge in [0.2, 0.25) is 0 Å². The molecule has 13 rings (SSSR count). The number of hydrogen-bond acceptors (Lipinski definition) is 2. The Morgan fingerprint density at radius 3 is 1.68 bits per heavy atom. The molecular weight excluding hydrogens is 689 g/mol. The van der Waals surface area contributed by atoms with Crippen LogP contribution in [0.4, 0.5) is 0 Å². The molecule has 57 heavy (non-hydrogen) atoms. The van der Waals surface area contributed by atoms with Crippen molar-refractivity contribution in [1.82, 2.24) is 9.97 Å². The normalized spacial score (nSPS) is 13.4. The minimum absolute atomic E-state index is 0.507. The summed E-state index contributed by atoms with van der Waals surface area (Å²) in [6.45, 7) is 0. The van der Waals surface area contributed by atoms with Crippen LogP contribution < -0.4 is 0 Å². The van der Waals surface area contributed by atoms with E-state index in [1.165, 1.54) is 88.0 Å². The molecule has 0 fully saturated rings. The first-order valence-electron chi connectivity index (χ1n) is 19.7. The number of benzene rings is 9. The highest BCUT2D eigenvalue weighted by atomic mass is 14.8. The van der Waals surface area contributed by atoms with Crippen LogP contribution in [-0.2, 0) is 5.41 Å². The Labute approximate surface area is 329 Å². The van der Waals surface area contributed by atoms with Gasteiger partial charge in [-0.05, 0) is 112 Å². The lowest BCUT2D eigenvalue weighted by molar-refractivity contribution is 0.809. The Bertz CT molecular complexity index is 3490. The fourth-order valence-corrected chi connectivity index (χ4v) is 10.7. The Balaban J connectivity index is 1.15. The number of hydrogen-bond donors (Lipinski definition) is 0. The molecule has 2 aliphatic rings. The van der Waals surface area contributed by atoms with Crippen LogP contribution in [0.3, 0.4) is 0 Å². The van der Waals surface area contributed by atoms with Gasteiger partial charge >= 0.3 is 0 Å². The van der Waals surface area contributed by atoms with Crippen molar-refractivity contribution in [1.29, 1.82) is 0 Å². The summed E-state index contributed by atoms with van der Waals surface area (Å²) in [7, 11) is 0. The lowest BCUT2D eigenvalue weighted by Gasteiger charge is -2.33. The fraction of sp³-hybridized carbons (Fsp3) is 0.0182.